The van der Waals surface area contributed by atoms with Crippen LogP contribution in [-0.2, 0) is 13.5 Å². The number of hydrogen-bond acceptors (Lipinski definition) is 6. The van der Waals surface area contributed by atoms with Crippen molar-refractivity contribution in [3.63, 3.8) is 0 Å². The standard InChI is InChI=1S/C14H14N6O2/c1-19-8-12-13(16-9-17-14(12)18-19)15-6-5-10-3-2-4-11(7-10)20(21)22/h2-4,7-9H,5-6H2,1H3,(H,15,16,17,18). The van der Waals surface area contributed by atoms with Gasteiger partial charge in [0.25, 0.3) is 5.69 Å². The fourth-order valence-corrected chi connectivity index (χ4v) is 2.24. The monoisotopic (exact) mass is 298 g/mol. The van der Waals surface area contributed by atoms with E-state index in [4.69, 9.17) is 0 Å². The summed E-state index contributed by atoms with van der Waals surface area (Å²) in [4.78, 5) is 18.7. The van der Waals surface area contributed by atoms with Gasteiger partial charge in [-0.25, -0.2) is 9.97 Å². The molecule has 8 heteroatoms. The second kappa shape index (κ2) is 5.76. The van der Waals surface area contributed by atoms with Crippen LogP contribution in [0, 0.1) is 10.1 Å². The number of anilines is 1. The van der Waals surface area contributed by atoms with Gasteiger partial charge in [0.1, 0.15) is 12.1 Å². The molecule has 3 aromatic rings. The van der Waals surface area contributed by atoms with E-state index in [0.717, 1.165) is 10.9 Å². The minimum Gasteiger partial charge on any atom is -0.369 e. The second-order valence-corrected chi connectivity index (χ2v) is 4.87. The summed E-state index contributed by atoms with van der Waals surface area (Å²) in [6, 6.07) is 6.63. The number of nitro groups is 1. The highest BCUT2D eigenvalue weighted by atomic mass is 16.6. The number of benzene rings is 1. The number of nitro benzene ring substituents is 1. The minimum absolute atomic E-state index is 0.106. The summed E-state index contributed by atoms with van der Waals surface area (Å²) in [5.41, 5.74) is 1.64. The third-order valence-corrected chi connectivity index (χ3v) is 3.26. The summed E-state index contributed by atoms with van der Waals surface area (Å²) in [5.74, 6) is 0.712. The smallest absolute Gasteiger partial charge is 0.269 e. The van der Waals surface area contributed by atoms with Gasteiger partial charge in [-0.05, 0) is 12.0 Å². The predicted octanol–water partition coefficient (Wildman–Crippen LogP) is 1.93. The second-order valence-electron chi connectivity index (χ2n) is 4.87. The van der Waals surface area contributed by atoms with Gasteiger partial charge in [0.2, 0.25) is 0 Å². The lowest BCUT2D eigenvalue weighted by Crippen LogP contribution is -2.07. The van der Waals surface area contributed by atoms with E-state index in [-0.39, 0.29) is 10.6 Å². The van der Waals surface area contributed by atoms with Crippen LogP contribution in [0.25, 0.3) is 11.0 Å². The first kappa shape index (κ1) is 13.9. The Kier molecular flexibility index (Phi) is 3.65. The molecular weight excluding hydrogens is 284 g/mol. The molecule has 1 N–H and O–H groups in total. The number of hydrogen-bond donors (Lipinski definition) is 1. The lowest BCUT2D eigenvalue weighted by atomic mass is 10.1. The number of non-ortho nitro benzene ring substituents is 1. The van der Waals surface area contributed by atoms with Gasteiger partial charge in [-0.1, -0.05) is 12.1 Å². The zero-order valence-corrected chi connectivity index (χ0v) is 11.9. The summed E-state index contributed by atoms with van der Waals surface area (Å²) in [5, 5.41) is 19.1. The molecule has 0 aliphatic carbocycles. The van der Waals surface area contributed by atoms with Crippen molar-refractivity contribution < 1.29 is 4.92 Å². The van der Waals surface area contributed by atoms with Gasteiger partial charge in [0, 0.05) is 31.9 Å². The fraction of sp³-hybridized carbons (Fsp3) is 0.214. The van der Waals surface area contributed by atoms with Crippen molar-refractivity contribution >= 4 is 22.5 Å². The van der Waals surface area contributed by atoms with Crippen molar-refractivity contribution in [1.82, 2.24) is 19.7 Å². The van der Waals surface area contributed by atoms with E-state index in [2.05, 4.69) is 20.4 Å². The van der Waals surface area contributed by atoms with Crippen LogP contribution >= 0.6 is 0 Å². The Labute approximate surface area is 126 Å². The van der Waals surface area contributed by atoms with E-state index >= 15 is 0 Å². The quantitative estimate of drug-likeness (QED) is 0.570. The Hall–Kier alpha value is -3.03. The Morgan fingerprint density at radius 3 is 3.05 bits per heavy atom. The zero-order chi connectivity index (χ0) is 15.5. The summed E-state index contributed by atoms with van der Waals surface area (Å²) in [6.07, 6.45) is 3.98. The highest BCUT2D eigenvalue weighted by molar-refractivity contribution is 5.85. The van der Waals surface area contributed by atoms with E-state index < -0.39 is 0 Å². The van der Waals surface area contributed by atoms with Crippen LogP contribution in [-0.4, -0.2) is 31.2 Å². The molecule has 0 bridgehead atoms. The Balaban J connectivity index is 1.70. The van der Waals surface area contributed by atoms with Gasteiger partial charge in [-0.15, -0.1) is 0 Å². The average molecular weight is 298 g/mol. The topological polar surface area (TPSA) is 98.8 Å². The molecule has 0 aliphatic rings. The molecule has 8 nitrogen and oxygen atoms in total. The average Bonchev–Trinajstić information content (AvgIpc) is 2.89. The number of nitrogens with zero attached hydrogens (tertiary/aromatic N) is 5. The van der Waals surface area contributed by atoms with E-state index in [0.29, 0.717) is 24.4 Å². The van der Waals surface area contributed by atoms with E-state index in [1.54, 1.807) is 16.8 Å². The molecule has 1 aromatic carbocycles. The van der Waals surface area contributed by atoms with Crippen LogP contribution in [0.1, 0.15) is 5.56 Å². The van der Waals surface area contributed by atoms with Crippen LogP contribution in [0.5, 0.6) is 0 Å². The van der Waals surface area contributed by atoms with Crippen molar-refractivity contribution in [2.24, 2.45) is 7.05 Å². The van der Waals surface area contributed by atoms with Gasteiger partial charge >= 0.3 is 0 Å². The third-order valence-electron chi connectivity index (χ3n) is 3.26. The molecule has 22 heavy (non-hydrogen) atoms. The van der Waals surface area contributed by atoms with Gasteiger partial charge < -0.3 is 5.32 Å². The molecule has 0 spiro atoms. The lowest BCUT2D eigenvalue weighted by molar-refractivity contribution is -0.384. The maximum absolute atomic E-state index is 10.8. The maximum atomic E-state index is 10.8. The van der Waals surface area contributed by atoms with Crippen molar-refractivity contribution in [3.05, 3.63) is 52.5 Å². The zero-order valence-electron chi connectivity index (χ0n) is 11.9. The number of aryl methyl sites for hydroxylation is 1. The summed E-state index contributed by atoms with van der Waals surface area (Å²) in [6.45, 7) is 0.613. The van der Waals surface area contributed by atoms with Crippen molar-refractivity contribution in [2.45, 2.75) is 6.42 Å². The predicted molar refractivity (Wildman–Crippen MR) is 81.6 cm³/mol. The molecule has 0 aliphatic heterocycles. The Bertz CT molecular complexity index is 829. The molecule has 0 radical (unpaired) electrons. The van der Waals surface area contributed by atoms with Crippen molar-refractivity contribution in [1.29, 1.82) is 0 Å². The van der Waals surface area contributed by atoms with Crippen LogP contribution in [0.3, 0.4) is 0 Å². The minimum atomic E-state index is -0.388. The lowest BCUT2D eigenvalue weighted by Gasteiger charge is -2.06. The molecule has 3 rings (SSSR count). The molecule has 2 heterocycles. The van der Waals surface area contributed by atoms with Crippen LogP contribution in [0.4, 0.5) is 11.5 Å². The van der Waals surface area contributed by atoms with Crippen LogP contribution < -0.4 is 5.32 Å². The number of nitrogens with one attached hydrogen (secondary N) is 1. The largest absolute Gasteiger partial charge is 0.369 e. The van der Waals surface area contributed by atoms with Gasteiger partial charge in [0.15, 0.2) is 5.65 Å². The normalized spacial score (nSPS) is 10.8. The Morgan fingerprint density at radius 1 is 1.36 bits per heavy atom. The Morgan fingerprint density at radius 2 is 2.23 bits per heavy atom. The molecule has 0 unspecified atom stereocenters. The van der Waals surface area contributed by atoms with E-state index in [1.807, 2.05) is 19.3 Å². The first-order chi connectivity index (χ1) is 10.6. The van der Waals surface area contributed by atoms with Gasteiger partial charge in [-0.2, -0.15) is 5.10 Å². The van der Waals surface area contributed by atoms with E-state index in [9.17, 15) is 10.1 Å². The number of aromatic nitrogens is 4. The van der Waals surface area contributed by atoms with Gasteiger partial charge in [0.05, 0.1) is 10.3 Å². The van der Waals surface area contributed by atoms with Crippen LogP contribution in [0.15, 0.2) is 36.8 Å². The van der Waals surface area contributed by atoms with Crippen molar-refractivity contribution in [2.75, 3.05) is 11.9 Å². The highest BCUT2D eigenvalue weighted by Gasteiger charge is 2.08. The third kappa shape index (κ3) is 2.85. The summed E-state index contributed by atoms with van der Waals surface area (Å²) in [7, 11) is 1.83. The number of rotatable bonds is 5. The summed E-state index contributed by atoms with van der Waals surface area (Å²) < 4.78 is 1.69. The number of fused-ring (bicyclic) bond motifs is 1. The summed E-state index contributed by atoms with van der Waals surface area (Å²) >= 11 is 0. The molecule has 0 saturated heterocycles. The van der Waals surface area contributed by atoms with Gasteiger partial charge in [-0.3, -0.25) is 14.8 Å². The SMILES string of the molecule is Cn1cc2c(NCCc3cccc([N+](=O)[O-])c3)ncnc2n1. The molecule has 0 fully saturated rings. The fourth-order valence-electron chi connectivity index (χ4n) is 2.24. The first-order valence-corrected chi connectivity index (χ1v) is 6.75. The maximum Gasteiger partial charge on any atom is 0.269 e. The highest BCUT2D eigenvalue weighted by Crippen LogP contribution is 2.18. The molecular formula is C14H14N6O2. The van der Waals surface area contributed by atoms with E-state index in [1.165, 1.54) is 12.4 Å². The molecule has 2 aromatic heterocycles. The molecule has 0 atom stereocenters. The van der Waals surface area contributed by atoms with Crippen LogP contribution in [0.2, 0.25) is 0 Å². The molecule has 0 saturated carbocycles. The first-order valence-electron chi connectivity index (χ1n) is 6.75. The molecule has 112 valence electrons. The van der Waals surface area contributed by atoms with Crippen molar-refractivity contribution in [3.8, 4) is 0 Å². The molecule has 0 amide bonds.